The number of nitrogens with zero attached hydrogens (tertiary/aromatic N) is 2. The van der Waals surface area contributed by atoms with Gasteiger partial charge >= 0.3 is 0 Å². The van der Waals surface area contributed by atoms with Crippen molar-refractivity contribution in [2.24, 2.45) is 5.10 Å². The predicted molar refractivity (Wildman–Crippen MR) is 158 cm³/mol. The molecule has 0 saturated carbocycles. The summed E-state index contributed by atoms with van der Waals surface area (Å²) in [5.41, 5.74) is 9.94. The van der Waals surface area contributed by atoms with E-state index in [0.29, 0.717) is 5.56 Å². The summed E-state index contributed by atoms with van der Waals surface area (Å²) in [5.74, 6) is -0.363. The lowest BCUT2D eigenvalue weighted by molar-refractivity contribution is 0.287. The maximum Gasteiger partial charge on any atom is 0.144 e. The Labute approximate surface area is 228 Å². The highest BCUT2D eigenvalue weighted by atomic mass is 35.5. The van der Waals surface area contributed by atoms with Gasteiger partial charge in [-0.15, -0.1) is 0 Å². The topological polar surface area (TPSA) is 15.6 Å². The highest BCUT2D eigenvalue weighted by molar-refractivity contribution is 6.30. The van der Waals surface area contributed by atoms with E-state index in [2.05, 4.69) is 82.2 Å². The summed E-state index contributed by atoms with van der Waals surface area (Å²) in [4.78, 5) is 0. The zero-order valence-corrected chi connectivity index (χ0v) is 24.1. The third kappa shape index (κ3) is 6.70. The van der Waals surface area contributed by atoms with Crippen LogP contribution in [-0.4, -0.2) is 10.7 Å². The van der Waals surface area contributed by atoms with Crippen LogP contribution >= 0.6 is 11.6 Å². The van der Waals surface area contributed by atoms with Gasteiger partial charge < -0.3 is 0 Å². The molecule has 0 N–H and O–H groups in total. The predicted octanol–water partition coefficient (Wildman–Crippen LogP) is 10.3. The van der Waals surface area contributed by atoms with E-state index in [9.17, 15) is 4.39 Å². The van der Waals surface area contributed by atoms with Crippen LogP contribution in [0.25, 0.3) is 0 Å². The van der Waals surface area contributed by atoms with Crippen molar-refractivity contribution in [3.8, 4) is 0 Å². The molecule has 37 heavy (non-hydrogen) atoms. The lowest BCUT2D eigenvalue weighted by atomic mass is 9.94. The molecule has 0 saturated heterocycles. The number of hydrogen-bond donors (Lipinski definition) is 0. The summed E-state index contributed by atoms with van der Waals surface area (Å²) >= 11 is 6.31. The minimum atomic E-state index is -0.363. The first-order valence-corrected chi connectivity index (χ1v) is 13.6. The first-order chi connectivity index (χ1) is 17.7. The lowest BCUT2D eigenvalue weighted by Gasteiger charge is -2.33. The fraction of sp³-hybridized carbons (Fsp3) is 0.364. The quantitative estimate of drug-likeness (QED) is 0.259. The van der Waals surface area contributed by atoms with E-state index in [-0.39, 0.29) is 16.9 Å². The third-order valence-corrected chi connectivity index (χ3v) is 7.47. The molecule has 2 nitrogen and oxygen atoms in total. The van der Waals surface area contributed by atoms with Gasteiger partial charge in [-0.3, -0.25) is 5.01 Å². The number of aryl methyl sites for hydroxylation is 1. The molecule has 0 amide bonds. The summed E-state index contributed by atoms with van der Waals surface area (Å²) in [5, 5.41) is 7.60. The minimum Gasteiger partial charge on any atom is -0.257 e. The monoisotopic (exact) mass is 518 g/mol. The fourth-order valence-electron chi connectivity index (χ4n) is 4.79. The molecular weight excluding hydrogens is 479 g/mol. The van der Waals surface area contributed by atoms with E-state index >= 15 is 0 Å². The molecule has 1 aromatic rings. The molecule has 1 heterocycles. The third-order valence-electron chi connectivity index (χ3n) is 7.20. The van der Waals surface area contributed by atoms with Crippen LogP contribution in [0.1, 0.15) is 84.4 Å². The second-order valence-corrected chi connectivity index (χ2v) is 10.2. The second-order valence-electron chi connectivity index (χ2n) is 9.84. The maximum atomic E-state index is 14.4. The van der Waals surface area contributed by atoms with Crippen molar-refractivity contribution in [2.75, 3.05) is 0 Å². The van der Waals surface area contributed by atoms with Crippen molar-refractivity contribution in [2.45, 2.75) is 80.2 Å². The number of hydrogen-bond acceptors (Lipinski definition) is 2. The zero-order valence-electron chi connectivity index (χ0n) is 23.3. The van der Waals surface area contributed by atoms with Gasteiger partial charge in [-0.2, -0.15) is 5.10 Å². The Hall–Kier alpha value is -2.91. The van der Waals surface area contributed by atoms with Gasteiger partial charge in [0.25, 0.3) is 0 Å². The molecule has 3 rings (SSSR count). The summed E-state index contributed by atoms with van der Waals surface area (Å²) in [6, 6.07) is 3.47. The zero-order chi connectivity index (χ0) is 27.1. The molecule has 1 aromatic carbocycles. The van der Waals surface area contributed by atoms with Gasteiger partial charge in [0.1, 0.15) is 5.82 Å². The molecule has 4 heteroatoms. The van der Waals surface area contributed by atoms with E-state index in [1.807, 2.05) is 19.1 Å². The number of benzene rings is 1. The summed E-state index contributed by atoms with van der Waals surface area (Å²) in [6.07, 6.45) is 20.8. The fourth-order valence-corrected chi connectivity index (χ4v) is 5.07. The molecule has 196 valence electrons. The number of halogens is 2. The summed E-state index contributed by atoms with van der Waals surface area (Å²) < 4.78 is 14.4. The Kier molecular flexibility index (Phi) is 10.1. The van der Waals surface area contributed by atoms with E-state index in [1.54, 1.807) is 13.0 Å². The normalized spacial score (nSPS) is 19.6. The van der Waals surface area contributed by atoms with Gasteiger partial charge in [0.15, 0.2) is 0 Å². The molecule has 0 bridgehead atoms. The summed E-state index contributed by atoms with van der Waals surface area (Å²) in [6.45, 7) is 14.6. The van der Waals surface area contributed by atoms with Crippen molar-refractivity contribution < 1.29 is 4.39 Å². The molecule has 0 spiro atoms. The molecule has 1 atom stereocenters. The Morgan fingerprint density at radius 3 is 2.54 bits per heavy atom. The average Bonchev–Trinajstić information content (AvgIpc) is 3.01. The average molecular weight is 519 g/mol. The minimum absolute atomic E-state index is 0.145. The van der Waals surface area contributed by atoms with Gasteiger partial charge in [0.05, 0.1) is 22.5 Å². The largest absolute Gasteiger partial charge is 0.257 e. The Bertz CT molecular complexity index is 1240. The van der Waals surface area contributed by atoms with Crippen LogP contribution in [0, 0.1) is 12.7 Å². The molecule has 1 unspecified atom stereocenters. The lowest BCUT2D eigenvalue weighted by Crippen LogP contribution is -2.26. The van der Waals surface area contributed by atoms with Gasteiger partial charge in [-0.05, 0) is 107 Å². The van der Waals surface area contributed by atoms with Crippen LogP contribution in [-0.2, 0) is 0 Å². The van der Waals surface area contributed by atoms with Gasteiger partial charge in [-0.1, -0.05) is 78.3 Å². The van der Waals surface area contributed by atoms with Crippen molar-refractivity contribution >= 4 is 17.3 Å². The molecule has 1 aliphatic carbocycles. The van der Waals surface area contributed by atoms with Crippen molar-refractivity contribution in [1.29, 1.82) is 0 Å². The van der Waals surface area contributed by atoms with E-state index in [1.165, 1.54) is 27.9 Å². The highest BCUT2D eigenvalue weighted by Gasteiger charge is 2.27. The van der Waals surface area contributed by atoms with E-state index in [4.69, 9.17) is 16.7 Å². The Balaban J connectivity index is 2.29. The number of allylic oxidation sites excluding steroid dienone is 13. The Morgan fingerprint density at radius 1 is 1.16 bits per heavy atom. The van der Waals surface area contributed by atoms with Crippen LogP contribution in [0.3, 0.4) is 0 Å². The van der Waals surface area contributed by atoms with Crippen LogP contribution in [0.5, 0.6) is 0 Å². The van der Waals surface area contributed by atoms with Crippen LogP contribution < -0.4 is 0 Å². The molecule has 0 aromatic heterocycles. The second kappa shape index (κ2) is 13.1. The number of hydrazone groups is 1. The van der Waals surface area contributed by atoms with Crippen LogP contribution in [0.4, 0.5) is 4.39 Å². The van der Waals surface area contributed by atoms with E-state index < -0.39 is 0 Å². The molecule has 0 fully saturated rings. The van der Waals surface area contributed by atoms with Crippen molar-refractivity contribution in [3.05, 3.63) is 116 Å². The Morgan fingerprint density at radius 2 is 1.89 bits per heavy atom. The number of rotatable bonds is 7. The van der Waals surface area contributed by atoms with Crippen molar-refractivity contribution in [1.82, 2.24) is 5.01 Å². The first kappa shape index (κ1) is 28.7. The molecule has 1 aliphatic heterocycles. The van der Waals surface area contributed by atoms with Gasteiger partial charge in [0.2, 0.25) is 0 Å². The van der Waals surface area contributed by atoms with Crippen LogP contribution in [0.15, 0.2) is 99.4 Å². The molecule has 0 radical (unpaired) electrons. The smallest absolute Gasteiger partial charge is 0.144 e. The highest BCUT2D eigenvalue weighted by Crippen LogP contribution is 2.39. The maximum absolute atomic E-state index is 14.4. The van der Waals surface area contributed by atoms with Gasteiger partial charge in [-0.25, -0.2) is 4.39 Å². The summed E-state index contributed by atoms with van der Waals surface area (Å²) in [7, 11) is 0. The van der Waals surface area contributed by atoms with Gasteiger partial charge in [0, 0.05) is 0 Å². The SMILES string of the molecule is CC=C/C=C(CC)/C1=N\N(C(C)c2cc(C)c(F)c(Cl)c2)C2=C(C=CCC(CC(C)=CC)=C2C)CC=C1. The van der Waals surface area contributed by atoms with Crippen molar-refractivity contribution in [3.63, 3.8) is 0 Å². The molecular formula is C33H40ClFN2. The van der Waals surface area contributed by atoms with Crippen LogP contribution in [0.2, 0.25) is 5.02 Å². The molecule has 2 aliphatic rings. The standard InChI is InChI=1S/C33H40ClFN2/c1-8-11-14-26(10-3)31-18-13-16-27-15-12-17-28(19-22(4)9-2)24(6)33(27)37(36-31)25(7)29-20-23(5)32(35)30(34)21-29/h8-9,11-15,18,20-21,25H,10,16-17,19H2,1-7H3/b11-8?,18-13?,22-9?,26-14+,36-31-. The van der Waals surface area contributed by atoms with E-state index in [0.717, 1.165) is 42.7 Å². The first-order valence-electron chi connectivity index (χ1n) is 13.2.